The fourth-order valence-electron chi connectivity index (χ4n) is 2.67. The van der Waals surface area contributed by atoms with E-state index >= 15 is 0 Å². The van der Waals surface area contributed by atoms with E-state index in [1.54, 1.807) is 0 Å². The van der Waals surface area contributed by atoms with E-state index in [1.165, 1.54) is 0 Å². The summed E-state index contributed by atoms with van der Waals surface area (Å²) in [7, 11) is 0. The second kappa shape index (κ2) is 10.7. The average Bonchev–Trinajstić information content (AvgIpc) is 2.62. The van der Waals surface area contributed by atoms with Gasteiger partial charge in [0.25, 0.3) is 0 Å². The molecule has 0 unspecified atom stereocenters. The van der Waals surface area contributed by atoms with Crippen molar-refractivity contribution in [2.24, 2.45) is 5.92 Å². The molecule has 1 aliphatic heterocycles. The quantitative estimate of drug-likeness (QED) is 0.790. The Bertz CT molecular complexity index is 360. The Kier molecular flexibility index (Phi) is 13.0. The molecule has 0 radical (unpaired) electrons. The minimum absolute atomic E-state index is 0. The molecule has 0 aromatic carbocycles. The maximum absolute atomic E-state index is 12.4. The van der Waals surface area contributed by atoms with Crippen LogP contribution in [0.1, 0.15) is 47.5 Å². The van der Waals surface area contributed by atoms with Gasteiger partial charge in [-0.05, 0) is 46.1 Å². The molecule has 1 amide bonds. The monoisotopic (exact) mass is 372 g/mol. The number of aliphatic carboxylic acids is 1. The zero-order chi connectivity index (χ0) is 14.8. The zero-order valence-electron chi connectivity index (χ0n) is 14.1. The van der Waals surface area contributed by atoms with Gasteiger partial charge in [0.15, 0.2) is 0 Å². The van der Waals surface area contributed by atoms with Crippen molar-refractivity contribution >= 4 is 52.4 Å². The highest BCUT2D eigenvalue weighted by Gasteiger charge is 2.40. The smallest absolute Gasteiger partial charge is 0.320 e. The predicted octanol–water partition coefficient (Wildman–Crippen LogP) is 1.81. The third-order valence-electron chi connectivity index (χ3n) is 3.33. The highest BCUT2D eigenvalue weighted by molar-refractivity contribution is 7.59. The number of likely N-dealkylation sites (tertiary alicyclic amines) is 1. The highest BCUT2D eigenvalue weighted by Crippen LogP contribution is 2.24. The first-order valence-corrected chi connectivity index (χ1v) is 6.94. The number of hydrogen-bond acceptors (Lipinski definition) is 3. The third kappa shape index (κ3) is 7.48. The molecule has 0 aliphatic carbocycles. The lowest BCUT2D eigenvalue weighted by Crippen LogP contribution is -2.56. The Morgan fingerprint density at radius 1 is 1.18 bits per heavy atom. The van der Waals surface area contributed by atoms with Gasteiger partial charge in [0.05, 0.1) is 6.04 Å². The van der Waals surface area contributed by atoms with Crippen LogP contribution in [0.5, 0.6) is 0 Å². The van der Waals surface area contributed by atoms with E-state index in [4.69, 9.17) is 0 Å². The van der Waals surface area contributed by atoms with Gasteiger partial charge in [0.1, 0.15) is 6.04 Å². The Hall–Kier alpha value is -0.0500. The molecular weight excluding hydrogens is 340 g/mol. The summed E-state index contributed by atoms with van der Waals surface area (Å²) < 4.78 is 0. The second-order valence-corrected chi connectivity index (χ2v) is 6.66. The summed E-state index contributed by atoms with van der Waals surface area (Å²) in [6, 6.07) is -0.902. The average molecular weight is 373 g/mol. The van der Waals surface area contributed by atoms with Crippen LogP contribution < -0.4 is 5.32 Å². The lowest BCUT2D eigenvalue weighted by Gasteiger charge is -2.35. The molecule has 1 aliphatic rings. The summed E-state index contributed by atoms with van der Waals surface area (Å²) in [5.74, 6) is -0.815. The molecule has 22 heavy (non-hydrogen) atoms. The van der Waals surface area contributed by atoms with Crippen LogP contribution in [-0.2, 0) is 9.59 Å². The van der Waals surface area contributed by atoms with Crippen LogP contribution in [0, 0.1) is 5.92 Å². The largest absolute Gasteiger partial charge is 0.480 e. The molecule has 2 atom stereocenters. The van der Waals surface area contributed by atoms with Crippen LogP contribution in [0.2, 0.25) is 0 Å². The van der Waals surface area contributed by atoms with Gasteiger partial charge >= 0.3 is 5.97 Å². The maximum Gasteiger partial charge on any atom is 0.320 e. The molecule has 8 heteroatoms. The zero-order valence-corrected chi connectivity index (χ0v) is 17.1. The summed E-state index contributed by atoms with van der Waals surface area (Å²) >= 11 is 0. The Morgan fingerprint density at radius 2 is 1.68 bits per heavy atom. The van der Waals surface area contributed by atoms with E-state index in [0.717, 1.165) is 6.42 Å². The van der Waals surface area contributed by atoms with Gasteiger partial charge in [-0.2, -0.15) is 40.5 Å². The van der Waals surface area contributed by atoms with Crippen LogP contribution in [-0.4, -0.2) is 46.1 Å². The van der Waals surface area contributed by atoms with E-state index in [1.807, 2.05) is 39.5 Å². The van der Waals surface area contributed by atoms with E-state index in [0.29, 0.717) is 13.0 Å². The lowest BCUT2D eigenvalue weighted by atomic mass is 9.98. The normalized spacial score (nSPS) is 19.5. The second-order valence-electron chi connectivity index (χ2n) is 6.66. The number of carbonyl (C=O) groups excluding carboxylic acids is 1. The van der Waals surface area contributed by atoms with E-state index in [2.05, 4.69) is 5.32 Å². The fourth-order valence-corrected chi connectivity index (χ4v) is 2.67. The lowest BCUT2D eigenvalue weighted by molar-refractivity contribution is -0.145. The maximum atomic E-state index is 12.4. The molecule has 2 N–H and O–H groups in total. The van der Waals surface area contributed by atoms with Crippen LogP contribution in [0.15, 0.2) is 0 Å². The van der Waals surface area contributed by atoms with Gasteiger partial charge in [-0.1, -0.05) is 13.8 Å². The summed E-state index contributed by atoms with van der Waals surface area (Å²) in [6.07, 6.45) is 1.46. The summed E-state index contributed by atoms with van der Waals surface area (Å²) in [6.45, 7) is 10.4. The summed E-state index contributed by atoms with van der Waals surface area (Å²) in [4.78, 5) is 25.5. The summed E-state index contributed by atoms with van der Waals surface area (Å²) in [5, 5.41) is 12.2. The van der Waals surface area contributed by atoms with E-state index < -0.39 is 12.0 Å². The first-order valence-electron chi connectivity index (χ1n) is 6.94. The SMILES string of the molecule is CC(C)[C@@H](C(=O)NC(C)(C)C)N1CCC[C@H]1C(=O)O.S.S.S. The van der Waals surface area contributed by atoms with Crippen molar-refractivity contribution in [3.63, 3.8) is 0 Å². The van der Waals surface area contributed by atoms with Gasteiger partial charge in [-0.3, -0.25) is 14.5 Å². The molecule has 0 aromatic heterocycles. The van der Waals surface area contributed by atoms with Crippen molar-refractivity contribution in [3.8, 4) is 0 Å². The molecule has 0 bridgehead atoms. The van der Waals surface area contributed by atoms with Gasteiger partial charge in [0, 0.05) is 5.54 Å². The van der Waals surface area contributed by atoms with Crippen molar-refractivity contribution in [1.82, 2.24) is 10.2 Å². The van der Waals surface area contributed by atoms with E-state index in [-0.39, 0.29) is 63.9 Å². The molecule has 1 heterocycles. The molecule has 134 valence electrons. The number of nitrogens with one attached hydrogen (secondary N) is 1. The Labute approximate surface area is 154 Å². The number of rotatable bonds is 4. The standard InChI is InChI=1S/C14H26N2O3.3H2S/c1-9(2)11(12(17)15-14(3,4)5)16-8-6-7-10(16)13(18)19;;;/h9-11H,6-8H2,1-5H3,(H,15,17)(H,18,19);3*1H2/t10-,11-;;;/m0.../s1. The molecule has 1 saturated heterocycles. The minimum Gasteiger partial charge on any atom is -0.480 e. The number of hydrogen-bond donors (Lipinski definition) is 2. The topological polar surface area (TPSA) is 69.6 Å². The van der Waals surface area contributed by atoms with Crippen molar-refractivity contribution in [2.45, 2.75) is 65.1 Å². The van der Waals surface area contributed by atoms with Crippen LogP contribution >= 0.6 is 40.5 Å². The third-order valence-corrected chi connectivity index (χ3v) is 3.33. The summed E-state index contributed by atoms with van der Waals surface area (Å²) in [5.41, 5.74) is -0.303. The number of carbonyl (C=O) groups is 2. The molecule has 0 saturated carbocycles. The minimum atomic E-state index is -0.827. The molecule has 0 aromatic rings. The molecule has 1 fully saturated rings. The molecular formula is C14H32N2O3S3. The number of carboxylic acids is 1. The van der Waals surface area contributed by atoms with Crippen molar-refractivity contribution < 1.29 is 14.7 Å². The number of carboxylic acid groups (broad SMARTS) is 1. The predicted molar refractivity (Wildman–Crippen MR) is 105 cm³/mol. The number of nitrogens with zero attached hydrogens (tertiary/aromatic N) is 1. The van der Waals surface area contributed by atoms with Crippen LogP contribution in [0.25, 0.3) is 0 Å². The molecule has 5 nitrogen and oxygen atoms in total. The first kappa shape index (κ1) is 26.8. The highest BCUT2D eigenvalue weighted by atomic mass is 32.1. The first-order chi connectivity index (χ1) is 8.63. The van der Waals surface area contributed by atoms with Gasteiger partial charge in [0.2, 0.25) is 5.91 Å². The Morgan fingerprint density at radius 3 is 2.05 bits per heavy atom. The molecule has 0 spiro atoms. The van der Waals surface area contributed by atoms with Crippen molar-refractivity contribution in [1.29, 1.82) is 0 Å². The van der Waals surface area contributed by atoms with E-state index in [9.17, 15) is 14.7 Å². The van der Waals surface area contributed by atoms with Crippen LogP contribution in [0.3, 0.4) is 0 Å². The number of amides is 1. The molecule has 1 rings (SSSR count). The van der Waals surface area contributed by atoms with Gasteiger partial charge < -0.3 is 10.4 Å². The van der Waals surface area contributed by atoms with Gasteiger partial charge in [-0.15, -0.1) is 0 Å². The van der Waals surface area contributed by atoms with Gasteiger partial charge in [-0.25, -0.2) is 0 Å². The fraction of sp³-hybridized carbons (Fsp3) is 0.857. The van der Waals surface area contributed by atoms with Crippen LogP contribution in [0.4, 0.5) is 0 Å². The van der Waals surface area contributed by atoms with Crippen molar-refractivity contribution in [3.05, 3.63) is 0 Å². The van der Waals surface area contributed by atoms with Crippen molar-refractivity contribution in [2.75, 3.05) is 6.54 Å². The Balaban J connectivity index is -0.00000120.